The van der Waals surface area contributed by atoms with Crippen LogP contribution in [-0.4, -0.2) is 19.7 Å². The van der Waals surface area contributed by atoms with E-state index in [1.54, 1.807) is 0 Å². The molecule has 0 fully saturated rings. The molecule has 0 heterocycles. The lowest BCUT2D eigenvalue weighted by atomic mass is 10.1. The molecule has 0 radical (unpaired) electrons. The van der Waals surface area contributed by atoms with Crippen molar-refractivity contribution >= 4 is 24.0 Å². The van der Waals surface area contributed by atoms with Gasteiger partial charge in [-0.3, -0.25) is 0 Å². The molecule has 0 saturated carbocycles. The monoisotopic (exact) mass is 277 g/mol. The highest BCUT2D eigenvalue weighted by molar-refractivity contribution is 6.32. The van der Waals surface area contributed by atoms with Gasteiger partial charge in [-0.1, -0.05) is 37.1 Å². The molecule has 0 bridgehead atoms. The van der Waals surface area contributed by atoms with E-state index in [1.165, 1.54) is 0 Å². The van der Waals surface area contributed by atoms with Crippen LogP contribution < -0.4 is 10.1 Å². The largest absolute Gasteiger partial charge is 0.489 e. The lowest BCUT2D eigenvalue weighted by molar-refractivity contribution is 0.180. The van der Waals surface area contributed by atoms with E-state index in [2.05, 4.69) is 12.2 Å². The highest BCUT2D eigenvalue weighted by Gasteiger charge is 2.10. The van der Waals surface area contributed by atoms with Gasteiger partial charge < -0.3 is 10.1 Å². The van der Waals surface area contributed by atoms with E-state index in [0.29, 0.717) is 5.02 Å². The predicted octanol–water partition coefficient (Wildman–Crippen LogP) is 3.92. The van der Waals surface area contributed by atoms with Gasteiger partial charge in [-0.15, -0.1) is 12.4 Å². The number of benzene rings is 1. The molecule has 1 N–H and O–H groups in total. The molecular formula is C13H21Cl2NO. The van der Waals surface area contributed by atoms with Crippen molar-refractivity contribution in [3.05, 3.63) is 29.3 Å². The van der Waals surface area contributed by atoms with Gasteiger partial charge in [0, 0.05) is 0 Å². The normalized spacial score (nSPS) is 11.7. The van der Waals surface area contributed by atoms with Crippen LogP contribution in [0.3, 0.4) is 0 Å². The molecule has 1 aromatic rings. The first-order valence-electron chi connectivity index (χ1n) is 5.83. The van der Waals surface area contributed by atoms with Crippen LogP contribution in [0.25, 0.3) is 0 Å². The third kappa shape index (κ3) is 6.16. The molecule has 17 heavy (non-hydrogen) atoms. The van der Waals surface area contributed by atoms with E-state index in [-0.39, 0.29) is 18.5 Å². The quantitative estimate of drug-likeness (QED) is 0.816. The highest BCUT2D eigenvalue weighted by Crippen LogP contribution is 2.25. The van der Waals surface area contributed by atoms with Crippen LogP contribution in [-0.2, 0) is 0 Å². The number of hydrogen-bond acceptors (Lipinski definition) is 2. The molecule has 1 atom stereocenters. The zero-order valence-corrected chi connectivity index (χ0v) is 12.0. The number of nitrogens with one attached hydrogen (secondary N) is 1. The van der Waals surface area contributed by atoms with Crippen molar-refractivity contribution in [3.63, 3.8) is 0 Å². The summed E-state index contributed by atoms with van der Waals surface area (Å²) in [5.74, 6) is 0.790. The topological polar surface area (TPSA) is 21.3 Å². The standard InChI is InChI=1S/C13H20ClNO.ClH/c1-3-6-11(9-10-15-2)16-13-8-5-4-7-12(13)14;/h4-5,7-8,11,15H,3,6,9-10H2,1-2H3;1H/t11-;/m0./s1. The average molecular weight is 278 g/mol. The molecule has 0 aromatic heterocycles. The summed E-state index contributed by atoms with van der Waals surface area (Å²) >= 11 is 6.06. The van der Waals surface area contributed by atoms with E-state index in [9.17, 15) is 0 Å². The Morgan fingerprint density at radius 2 is 2.00 bits per heavy atom. The van der Waals surface area contributed by atoms with Gasteiger partial charge in [0.05, 0.1) is 11.1 Å². The van der Waals surface area contributed by atoms with Crippen LogP contribution >= 0.6 is 24.0 Å². The maximum Gasteiger partial charge on any atom is 0.138 e. The molecule has 1 aromatic carbocycles. The minimum absolute atomic E-state index is 0. The van der Waals surface area contributed by atoms with E-state index in [0.717, 1.165) is 31.6 Å². The van der Waals surface area contributed by atoms with Gasteiger partial charge in [-0.05, 0) is 38.6 Å². The van der Waals surface area contributed by atoms with E-state index in [4.69, 9.17) is 16.3 Å². The SMILES string of the molecule is CCC[C@@H](CCNC)Oc1ccccc1Cl.Cl. The van der Waals surface area contributed by atoms with Gasteiger partial charge >= 0.3 is 0 Å². The van der Waals surface area contributed by atoms with Gasteiger partial charge in [0.2, 0.25) is 0 Å². The first-order valence-corrected chi connectivity index (χ1v) is 6.21. The predicted molar refractivity (Wildman–Crippen MR) is 76.6 cm³/mol. The Hall–Kier alpha value is -0.440. The maximum atomic E-state index is 6.06. The number of hydrogen-bond donors (Lipinski definition) is 1. The Balaban J connectivity index is 0.00000256. The Morgan fingerprint density at radius 3 is 2.59 bits per heavy atom. The van der Waals surface area contributed by atoms with Crippen molar-refractivity contribution in [2.75, 3.05) is 13.6 Å². The second-order valence-corrected chi connectivity index (χ2v) is 4.26. The van der Waals surface area contributed by atoms with Gasteiger partial charge in [0.15, 0.2) is 0 Å². The van der Waals surface area contributed by atoms with Crippen LogP contribution in [0.1, 0.15) is 26.2 Å². The first kappa shape index (κ1) is 16.6. The molecule has 0 spiro atoms. The molecule has 0 saturated heterocycles. The molecule has 1 rings (SSSR count). The van der Waals surface area contributed by atoms with Crippen molar-refractivity contribution in [1.29, 1.82) is 0 Å². The number of halogens is 2. The summed E-state index contributed by atoms with van der Waals surface area (Å²) in [6, 6.07) is 7.64. The number of rotatable bonds is 7. The van der Waals surface area contributed by atoms with Crippen LogP contribution in [0.2, 0.25) is 5.02 Å². The van der Waals surface area contributed by atoms with Crippen LogP contribution in [0.5, 0.6) is 5.75 Å². The lowest BCUT2D eigenvalue weighted by Crippen LogP contribution is -2.22. The molecule has 0 aliphatic rings. The summed E-state index contributed by atoms with van der Waals surface area (Å²) in [6.07, 6.45) is 3.44. The summed E-state index contributed by atoms with van der Waals surface area (Å²) in [5, 5.41) is 3.83. The minimum Gasteiger partial charge on any atom is -0.489 e. The minimum atomic E-state index is 0. The zero-order chi connectivity index (χ0) is 11.8. The van der Waals surface area contributed by atoms with Crippen molar-refractivity contribution in [1.82, 2.24) is 5.32 Å². The van der Waals surface area contributed by atoms with Crippen molar-refractivity contribution in [2.45, 2.75) is 32.3 Å². The molecule has 2 nitrogen and oxygen atoms in total. The van der Waals surface area contributed by atoms with E-state index < -0.39 is 0 Å². The highest BCUT2D eigenvalue weighted by atomic mass is 35.5. The fourth-order valence-electron chi connectivity index (χ4n) is 1.61. The summed E-state index contributed by atoms with van der Waals surface area (Å²) in [5.41, 5.74) is 0. The fourth-order valence-corrected chi connectivity index (χ4v) is 1.79. The van der Waals surface area contributed by atoms with Gasteiger partial charge in [0.25, 0.3) is 0 Å². The van der Waals surface area contributed by atoms with E-state index >= 15 is 0 Å². The van der Waals surface area contributed by atoms with Gasteiger partial charge in [-0.2, -0.15) is 0 Å². The Kier molecular flexibility index (Phi) is 9.33. The second kappa shape index (κ2) is 9.58. The van der Waals surface area contributed by atoms with Crippen LogP contribution in [0.4, 0.5) is 0 Å². The van der Waals surface area contributed by atoms with Gasteiger partial charge in [-0.25, -0.2) is 0 Å². The fraction of sp³-hybridized carbons (Fsp3) is 0.538. The summed E-state index contributed by atoms with van der Waals surface area (Å²) in [7, 11) is 1.96. The summed E-state index contributed by atoms with van der Waals surface area (Å²) in [4.78, 5) is 0. The van der Waals surface area contributed by atoms with Crippen LogP contribution in [0, 0.1) is 0 Å². The third-order valence-corrected chi connectivity index (χ3v) is 2.77. The smallest absolute Gasteiger partial charge is 0.138 e. The molecule has 98 valence electrons. The maximum absolute atomic E-state index is 6.06. The lowest BCUT2D eigenvalue weighted by Gasteiger charge is -2.19. The average Bonchev–Trinajstić information content (AvgIpc) is 2.29. The molecule has 0 aliphatic heterocycles. The Morgan fingerprint density at radius 1 is 1.29 bits per heavy atom. The van der Waals surface area contributed by atoms with Gasteiger partial charge in [0.1, 0.15) is 5.75 Å². The Labute approximate surface area is 115 Å². The van der Waals surface area contributed by atoms with Crippen molar-refractivity contribution < 1.29 is 4.74 Å². The van der Waals surface area contributed by atoms with Crippen molar-refractivity contribution in [2.24, 2.45) is 0 Å². The second-order valence-electron chi connectivity index (χ2n) is 3.85. The Bertz CT molecular complexity index is 307. The molecule has 0 amide bonds. The molecule has 0 aliphatic carbocycles. The first-order chi connectivity index (χ1) is 7.77. The van der Waals surface area contributed by atoms with E-state index in [1.807, 2.05) is 31.3 Å². The zero-order valence-electron chi connectivity index (χ0n) is 10.4. The summed E-state index contributed by atoms with van der Waals surface area (Å²) in [6.45, 7) is 3.14. The molecular weight excluding hydrogens is 257 g/mol. The number of ether oxygens (including phenoxy) is 1. The third-order valence-electron chi connectivity index (χ3n) is 2.46. The van der Waals surface area contributed by atoms with Crippen LogP contribution in [0.15, 0.2) is 24.3 Å². The molecule has 4 heteroatoms. The van der Waals surface area contributed by atoms with Crippen molar-refractivity contribution in [3.8, 4) is 5.75 Å². The molecule has 0 unspecified atom stereocenters. The summed E-state index contributed by atoms with van der Waals surface area (Å²) < 4.78 is 5.92. The number of para-hydroxylation sites is 1.